The molecule has 15 heavy (non-hydrogen) atoms. The molecule has 2 unspecified atom stereocenters. The molecule has 0 aromatic carbocycles. The predicted molar refractivity (Wildman–Crippen MR) is 52.7 cm³/mol. The number of nitrogens with zero attached hydrogens (tertiary/aromatic N) is 2. The summed E-state index contributed by atoms with van der Waals surface area (Å²) in [5, 5.41) is 16.0. The standard InChI is InChI=1S/C9H16N2O4/c1-4-6(8(12)13)10-11-7(5-2)9(14)15-3/h6-7H,4-5H2,1-3H3,(H,12,13)/b11-10+. The van der Waals surface area contributed by atoms with Crippen LogP contribution in [0.25, 0.3) is 0 Å². The van der Waals surface area contributed by atoms with Gasteiger partial charge in [0, 0.05) is 0 Å². The topological polar surface area (TPSA) is 88.3 Å². The lowest BCUT2D eigenvalue weighted by atomic mass is 10.2. The summed E-state index contributed by atoms with van der Waals surface area (Å²) in [5.74, 6) is -1.54. The third kappa shape index (κ3) is 4.53. The molecule has 0 aliphatic carbocycles. The molecular weight excluding hydrogens is 200 g/mol. The van der Waals surface area contributed by atoms with Crippen LogP contribution in [0, 0.1) is 0 Å². The van der Waals surface area contributed by atoms with E-state index in [1.165, 1.54) is 7.11 Å². The fraction of sp³-hybridized carbons (Fsp3) is 0.778. The number of aliphatic carboxylic acids is 1. The van der Waals surface area contributed by atoms with Gasteiger partial charge in [-0.2, -0.15) is 10.2 Å². The number of carboxylic acids is 1. The number of carbonyl (C=O) groups is 2. The maximum atomic E-state index is 11.1. The van der Waals surface area contributed by atoms with Crippen LogP contribution in [-0.2, 0) is 14.3 Å². The van der Waals surface area contributed by atoms with Gasteiger partial charge in [-0.3, -0.25) is 0 Å². The Labute approximate surface area is 88.3 Å². The molecular formula is C9H16N2O4. The minimum Gasteiger partial charge on any atom is -0.480 e. The quantitative estimate of drug-likeness (QED) is 0.534. The molecule has 6 heteroatoms. The highest BCUT2D eigenvalue weighted by atomic mass is 16.5. The third-order valence-corrected chi connectivity index (χ3v) is 1.88. The maximum absolute atomic E-state index is 11.1. The van der Waals surface area contributed by atoms with Crippen molar-refractivity contribution in [2.24, 2.45) is 10.2 Å². The van der Waals surface area contributed by atoms with Crippen LogP contribution in [0.1, 0.15) is 26.7 Å². The minimum atomic E-state index is -1.04. The number of hydrogen-bond acceptors (Lipinski definition) is 5. The smallest absolute Gasteiger partial charge is 0.332 e. The highest BCUT2D eigenvalue weighted by molar-refractivity contribution is 5.76. The van der Waals surface area contributed by atoms with Crippen molar-refractivity contribution in [1.29, 1.82) is 0 Å². The molecule has 2 atom stereocenters. The zero-order valence-corrected chi connectivity index (χ0v) is 9.14. The van der Waals surface area contributed by atoms with Crippen molar-refractivity contribution in [3.05, 3.63) is 0 Å². The lowest BCUT2D eigenvalue weighted by Gasteiger charge is -2.07. The first-order chi connectivity index (χ1) is 7.06. The van der Waals surface area contributed by atoms with Crippen LogP contribution < -0.4 is 0 Å². The normalized spacial score (nSPS) is 14.9. The van der Waals surface area contributed by atoms with Gasteiger partial charge in [-0.05, 0) is 12.8 Å². The van der Waals surface area contributed by atoms with E-state index in [9.17, 15) is 9.59 Å². The average molecular weight is 216 g/mol. The fourth-order valence-electron chi connectivity index (χ4n) is 0.898. The molecule has 0 aromatic rings. The van der Waals surface area contributed by atoms with Crippen LogP contribution in [0.4, 0.5) is 0 Å². The largest absolute Gasteiger partial charge is 0.480 e. The van der Waals surface area contributed by atoms with Gasteiger partial charge in [0.05, 0.1) is 7.11 Å². The number of ether oxygens (including phenoxy) is 1. The van der Waals surface area contributed by atoms with E-state index >= 15 is 0 Å². The first kappa shape index (κ1) is 13.5. The van der Waals surface area contributed by atoms with Gasteiger partial charge in [-0.1, -0.05) is 13.8 Å². The molecule has 0 heterocycles. The summed E-state index contributed by atoms with van der Waals surface area (Å²) in [6.07, 6.45) is 0.780. The SMILES string of the molecule is CCC(/N=N/C(CC)C(=O)OC)C(=O)O. The number of rotatable bonds is 6. The second kappa shape index (κ2) is 6.92. The second-order valence-corrected chi connectivity index (χ2v) is 2.94. The van der Waals surface area contributed by atoms with E-state index in [4.69, 9.17) is 5.11 Å². The molecule has 86 valence electrons. The van der Waals surface area contributed by atoms with Crippen molar-refractivity contribution in [3.8, 4) is 0 Å². The van der Waals surface area contributed by atoms with Crippen molar-refractivity contribution >= 4 is 11.9 Å². The monoisotopic (exact) mass is 216 g/mol. The molecule has 0 aromatic heterocycles. The summed E-state index contributed by atoms with van der Waals surface area (Å²) in [5.41, 5.74) is 0. The van der Waals surface area contributed by atoms with Crippen molar-refractivity contribution in [1.82, 2.24) is 0 Å². The summed E-state index contributed by atoms with van der Waals surface area (Å²) in [7, 11) is 1.26. The highest BCUT2D eigenvalue weighted by Crippen LogP contribution is 2.05. The van der Waals surface area contributed by atoms with Crippen molar-refractivity contribution < 1.29 is 19.4 Å². The number of carbonyl (C=O) groups excluding carboxylic acids is 1. The lowest BCUT2D eigenvalue weighted by Crippen LogP contribution is -2.21. The van der Waals surface area contributed by atoms with Crippen LogP contribution in [0.2, 0.25) is 0 Å². The Kier molecular flexibility index (Phi) is 6.24. The Morgan fingerprint density at radius 3 is 2.00 bits per heavy atom. The molecule has 0 bridgehead atoms. The molecule has 0 rings (SSSR count). The van der Waals surface area contributed by atoms with E-state index in [1.807, 2.05) is 0 Å². The Bertz CT molecular complexity index is 252. The summed E-state index contributed by atoms with van der Waals surface area (Å²) in [6.45, 7) is 3.44. The van der Waals surface area contributed by atoms with Gasteiger partial charge in [0.1, 0.15) is 0 Å². The van der Waals surface area contributed by atoms with E-state index in [0.29, 0.717) is 12.8 Å². The zero-order valence-electron chi connectivity index (χ0n) is 9.14. The third-order valence-electron chi connectivity index (χ3n) is 1.88. The summed E-state index contributed by atoms with van der Waals surface area (Å²) < 4.78 is 4.49. The van der Waals surface area contributed by atoms with Gasteiger partial charge >= 0.3 is 11.9 Å². The first-order valence-electron chi connectivity index (χ1n) is 4.77. The van der Waals surface area contributed by atoms with Gasteiger partial charge in [-0.25, -0.2) is 9.59 Å². The molecule has 0 aliphatic heterocycles. The van der Waals surface area contributed by atoms with E-state index in [2.05, 4.69) is 15.0 Å². The molecule has 0 aliphatic rings. The van der Waals surface area contributed by atoms with Crippen LogP contribution in [0.5, 0.6) is 0 Å². The fourth-order valence-corrected chi connectivity index (χ4v) is 0.898. The molecule has 1 N–H and O–H groups in total. The van der Waals surface area contributed by atoms with E-state index in [1.54, 1.807) is 13.8 Å². The molecule has 0 saturated carbocycles. The highest BCUT2D eigenvalue weighted by Gasteiger charge is 2.18. The van der Waals surface area contributed by atoms with Crippen LogP contribution in [0.15, 0.2) is 10.2 Å². The Morgan fingerprint density at radius 2 is 1.67 bits per heavy atom. The molecule has 0 amide bonds. The Balaban J connectivity index is 4.45. The van der Waals surface area contributed by atoms with Gasteiger partial charge in [0.25, 0.3) is 0 Å². The molecule has 6 nitrogen and oxygen atoms in total. The average Bonchev–Trinajstić information content (AvgIpc) is 2.23. The van der Waals surface area contributed by atoms with Crippen LogP contribution >= 0.6 is 0 Å². The number of azo groups is 1. The first-order valence-corrected chi connectivity index (χ1v) is 4.77. The van der Waals surface area contributed by atoms with Gasteiger partial charge in [0.2, 0.25) is 0 Å². The molecule has 0 spiro atoms. The molecule has 0 saturated heterocycles. The predicted octanol–water partition coefficient (Wildman–Crippen LogP) is 1.25. The Hall–Kier alpha value is -1.46. The molecule has 0 radical (unpaired) electrons. The van der Waals surface area contributed by atoms with Gasteiger partial charge in [-0.15, -0.1) is 0 Å². The maximum Gasteiger partial charge on any atom is 0.332 e. The van der Waals surface area contributed by atoms with E-state index < -0.39 is 24.0 Å². The number of methoxy groups -OCH3 is 1. The number of hydrogen-bond donors (Lipinski definition) is 1. The summed E-state index contributed by atoms with van der Waals surface area (Å²) >= 11 is 0. The van der Waals surface area contributed by atoms with Crippen LogP contribution in [-0.4, -0.2) is 36.2 Å². The van der Waals surface area contributed by atoms with Crippen molar-refractivity contribution in [3.63, 3.8) is 0 Å². The Morgan fingerprint density at radius 1 is 1.20 bits per heavy atom. The van der Waals surface area contributed by atoms with E-state index in [0.717, 1.165) is 0 Å². The van der Waals surface area contributed by atoms with Gasteiger partial charge in [0.15, 0.2) is 12.1 Å². The van der Waals surface area contributed by atoms with E-state index in [-0.39, 0.29) is 0 Å². The zero-order chi connectivity index (χ0) is 11.8. The summed E-state index contributed by atoms with van der Waals surface area (Å²) in [4.78, 5) is 21.7. The number of carboxylic acid groups (broad SMARTS) is 1. The number of esters is 1. The lowest BCUT2D eigenvalue weighted by molar-refractivity contribution is -0.143. The minimum absolute atomic E-state index is 0.344. The van der Waals surface area contributed by atoms with Gasteiger partial charge < -0.3 is 9.84 Å². The van der Waals surface area contributed by atoms with Crippen molar-refractivity contribution in [2.75, 3.05) is 7.11 Å². The second-order valence-electron chi connectivity index (χ2n) is 2.94. The van der Waals surface area contributed by atoms with Crippen LogP contribution in [0.3, 0.4) is 0 Å². The summed E-state index contributed by atoms with van der Waals surface area (Å²) in [6, 6.07) is -1.59. The van der Waals surface area contributed by atoms with Crippen molar-refractivity contribution in [2.45, 2.75) is 38.8 Å². The molecule has 0 fully saturated rings.